The van der Waals surface area contributed by atoms with Crippen molar-refractivity contribution in [2.45, 2.75) is 44.6 Å². The molecule has 0 radical (unpaired) electrons. The number of fused-ring (bicyclic) bond motifs is 1. The lowest BCUT2D eigenvalue weighted by Gasteiger charge is -2.33. The Kier molecular flexibility index (Phi) is 9.01. The Morgan fingerprint density at radius 3 is 2.57 bits per heavy atom. The number of ether oxygens (including phenoxy) is 1. The first-order valence-electron chi connectivity index (χ1n) is 14.2. The number of hydrogen-bond acceptors (Lipinski definition) is 10. The zero-order valence-electron chi connectivity index (χ0n) is 24.2. The Balaban J connectivity index is 1.58. The molecule has 0 saturated carbocycles. The maximum atomic E-state index is 13.7. The largest absolute Gasteiger partial charge is 0.493 e. The molecule has 0 unspecified atom stereocenters. The number of aromatic nitrogens is 7. The number of piperazine rings is 1. The van der Waals surface area contributed by atoms with Gasteiger partial charge in [-0.2, -0.15) is 9.40 Å². The molecule has 0 atom stereocenters. The third-order valence-corrected chi connectivity index (χ3v) is 9.20. The van der Waals surface area contributed by atoms with E-state index < -0.39 is 15.6 Å². The van der Waals surface area contributed by atoms with E-state index in [4.69, 9.17) is 14.8 Å². The number of nitrogens with one attached hydrogen (secondary N) is 1. The van der Waals surface area contributed by atoms with Crippen LogP contribution in [0.1, 0.15) is 38.2 Å². The minimum absolute atomic E-state index is 0.0317. The number of H-pyrrole nitrogens is 1. The normalized spacial score (nSPS) is 15.0. The van der Waals surface area contributed by atoms with Gasteiger partial charge < -0.3 is 19.4 Å². The van der Waals surface area contributed by atoms with Crippen LogP contribution in [0.4, 0.5) is 0 Å². The monoisotopic (exact) mass is 599 g/mol. The summed E-state index contributed by atoms with van der Waals surface area (Å²) < 4.78 is 38.1. The highest BCUT2D eigenvalue weighted by Crippen LogP contribution is 2.32. The molecule has 226 valence electrons. The van der Waals surface area contributed by atoms with Gasteiger partial charge in [0.15, 0.2) is 11.3 Å². The van der Waals surface area contributed by atoms with Crippen molar-refractivity contribution in [1.82, 2.24) is 43.7 Å². The molecule has 1 saturated heterocycles. The summed E-state index contributed by atoms with van der Waals surface area (Å²) in [7, 11) is -2.01. The molecule has 1 aliphatic rings. The van der Waals surface area contributed by atoms with Crippen molar-refractivity contribution < 1.29 is 18.3 Å². The van der Waals surface area contributed by atoms with E-state index in [9.17, 15) is 18.3 Å². The highest BCUT2D eigenvalue weighted by molar-refractivity contribution is 7.89. The van der Waals surface area contributed by atoms with Gasteiger partial charge in [0, 0.05) is 39.8 Å². The smallest absolute Gasteiger partial charge is 0.277 e. The predicted octanol–water partition coefficient (Wildman–Crippen LogP) is 1.00. The zero-order chi connectivity index (χ0) is 29.9. The van der Waals surface area contributed by atoms with Crippen LogP contribution < -0.4 is 10.3 Å². The molecule has 42 heavy (non-hydrogen) atoms. The highest BCUT2D eigenvalue weighted by atomic mass is 32.2. The molecule has 4 aromatic rings. The molecule has 0 aliphatic carbocycles. The summed E-state index contributed by atoms with van der Waals surface area (Å²) in [5.74, 6) is 1.27. The second-order valence-corrected chi connectivity index (χ2v) is 12.2. The number of benzene rings is 1. The van der Waals surface area contributed by atoms with E-state index in [1.54, 1.807) is 21.6 Å². The van der Waals surface area contributed by atoms with Crippen LogP contribution in [0.25, 0.3) is 22.4 Å². The van der Waals surface area contributed by atoms with Gasteiger partial charge in [-0.3, -0.25) is 9.69 Å². The molecule has 1 fully saturated rings. The molecular formula is C27H37N9O5S. The Bertz CT molecular complexity index is 1700. The molecule has 1 aliphatic heterocycles. The molecule has 1 aromatic carbocycles. The van der Waals surface area contributed by atoms with E-state index in [0.29, 0.717) is 79.6 Å². The standard InChI is InChI=1S/C27H37N9O5S/c1-4-6-21-24-25(36(32-21)17-23-31-28-18-33(23)3)27(38)30-26(29-24)20-16-19(7-8-22(20)41-15-5-2)42(39,40)35-11-9-34(10-12-35)13-14-37/h7-8,16,18,37H,4-6,9-15,17H2,1-3H3,(H,29,30,38). The second kappa shape index (κ2) is 12.7. The summed E-state index contributed by atoms with van der Waals surface area (Å²) >= 11 is 0. The Morgan fingerprint density at radius 2 is 1.90 bits per heavy atom. The summed E-state index contributed by atoms with van der Waals surface area (Å²) in [6.45, 7) is 6.90. The van der Waals surface area contributed by atoms with Gasteiger partial charge >= 0.3 is 0 Å². The quantitative estimate of drug-likeness (QED) is 0.240. The summed E-state index contributed by atoms with van der Waals surface area (Å²) in [6, 6.07) is 4.67. The molecule has 3 aromatic heterocycles. The van der Waals surface area contributed by atoms with Gasteiger partial charge in [0.2, 0.25) is 10.0 Å². The second-order valence-electron chi connectivity index (χ2n) is 10.3. The average molecular weight is 600 g/mol. The van der Waals surface area contributed by atoms with Crippen molar-refractivity contribution in [3.63, 3.8) is 0 Å². The lowest BCUT2D eigenvalue weighted by atomic mass is 10.1. The third kappa shape index (κ3) is 5.95. The van der Waals surface area contributed by atoms with E-state index in [1.807, 2.05) is 25.8 Å². The van der Waals surface area contributed by atoms with Crippen molar-refractivity contribution in [2.75, 3.05) is 45.9 Å². The third-order valence-electron chi connectivity index (χ3n) is 7.30. The number of nitrogens with zero attached hydrogens (tertiary/aromatic N) is 8. The number of aromatic amines is 1. The molecule has 0 spiro atoms. The van der Waals surface area contributed by atoms with Gasteiger partial charge in [-0.05, 0) is 31.0 Å². The fourth-order valence-corrected chi connectivity index (χ4v) is 6.51. The van der Waals surface area contributed by atoms with Gasteiger partial charge in [-0.1, -0.05) is 20.3 Å². The minimum Gasteiger partial charge on any atom is -0.493 e. The molecule has 14 nitrogen and oxygen atoms in total. The van der Waals surface area contributed by atoms with Crippen LogP contribution in [-0.4, -0.2) is 103 Å². The Hall–Kier alpha value is -3.66. The van der Waals surface area contributed by atoms with E-state index in [0.717, 1.165) is 12.8 Å². The van der Waals surface area contributed by atoms with Crippen molar-refractivity contribution in [1.29, 1.82) is 0 Å². The predicted molar refractivity (Wildman–Crippen MR) is 156 cm³/mol. The van der Waals surface area contributed by atoms with Crippen LogP contribution in [0.3, 0.4) is 0 Å². The number of aliphatic hydroxyl groups excluding tert-OH is 1. The average Bonchev–Trinajstić information content (AvgIpc) is 3.55. The first kappa shape index (κ1) is 29.8. The number of rotatable bonds is 12. The summed E-state index contributed by atoms with van der Waals surface area (Å²) in [6.07, 6.45) is 3.73. The number of sulfonamides is 1. The van der Waals surface area contributed by atoms with E-state index in [-0.39, 0.29) is 23.9 Å². The van der Waals surface area contributed by atoms with Crippen LogP contribution in [0.15, 0.2) is 34.2 Å². The molecule has 0 amide bonds. The van der Waals surface area contributed by atoms with Crippen molar-refractivity contribution in [3.05, 3.63) is 46.4 Å². The number of aryl methyl sites for hydroxylation is 2. The van der Waals surface area contributed by atoms with Gasteiger partial charge in [0.05, 0.1) is 29.4 Å². The summed E-state index contributed by atoms with van der Waals surface area (Å²) in [4.78, 5) is 23.4. The Labute approximate surface area is 244 Å². The van der Waals surface area contributed by atoms with Crippen molar-refractivity contribution >= 4 is 21.1 Å². The van der Waals surface area contributed by atoms with Crippen molar-refractivity contribution in [3.8, 4) is 17.1 Å². The minimum atomic E-state index is -3.83. The maximum absolute atomic E-state index is 13.7. The summed E-state index contributed by atoms with van der Waals surface area (Å²) in [5.41, 5.74) is 1.41. The fourth-order valence-electron chi connectivity index (χ4n) is 5.06. The summed E-state index contributed by atoms with van der Waals surface area (Å²) in [5, 5.41) is 22.0. The van der Waals surface area contributed by atoms with Crippen LogP contribution in [0, 0.1) is 0 Å². The van der Waals surface area contributed by atoms with E-state index in [1.165, 1.54) is 16.4 Å². The van der Waals surface area contributed by atoms with Crippen LogP contribution in [-0.2, 0) is 30.0 Å². The first-order valence-corrected chi connectivity index (χ1v) is 15.6. The van der Waals surface area contributed by atoms with E-state index >= 15 is 0 Å². The molecule has 5 rings (SSSR count). The number of hydrogen-bond donors (Lipinski definition) is 2. The van der Waals surface area contributed by atoms with E-state index in [2.05, 4.69) is 15.2 Å². The fraction of sp³-hybridized carbons (Fsp3) is 0.519. The molecule has 2 N–H and O–H groups in total. The van der Waals surface area contributed by atoms with Gasteiger partial charge in [0.25, 0.3) is 5.56 Å². The molecule has 0 bridgehead atoms. The molecule has 4 heterocycles. The number of β-amino-alcohol motifs (C(OH)–C–C–N with tert-alkyl or cyclic N) is 1. The van der Waals surface area contributed by atoms with Crippen LogP contribution in [0.2, 0.25) is 0 Å². The first-order chi connectivity index (χ1) is 20.3. The van der Waals surface area contributed by atoms with Gasteiger partial charge in [-0.15, -0.1) is 10.2 Å². The maximum Gasteiger partial charge on any atom is 0.277 e. The molecule has 15 heteroatoms. The number of aliphatic hydroxyl groups is 1. The van der Waals surface area contributed by atoms with Crippen LogP contribution in [0.5, 0.6) is 5.75 Å². The zero-order valence-corrected chi connectivity index (χ0v) is 25.0. The lowest BCUT2D eigenvalue weighted by molar-refractivity contribution is 0.151. The van der Waals surface area contributed by atoms with Crippen LogP contribution >= 0.6 is 0 Å². The van der Waals surface area contributed by atoms with Crippen molar-refractivity contribution in [2.24, 2.45) is 7.05 Å². The lowest BCUT2D eigenvalue weighted by Crippen LogP contribution is -2.49. The Morgan fingerprint density at radius 1 is 1.12 bits per heavy atom. The topological polar surface area (TPSA) is 164 Å². The van der Waals surface area contributed by atoms with Gasteiger partial charge in [0.1, 0.15) is 30.0 Å². The highest BCUT2D eigenvalue weighted by Gasteiger charge is 2.30. The SMILES string of the molecule is CCCOc1ccc(S(=O)(=O)N2CCN(CCO)CC2)cc1-c1nc2c(CCC)nn(Cc3nncn3C)c2c(=O)[nH]1. The molecular weight excluding hydrogens is 562 g/mol. The van der Waals surface area contributed by atoms with Gasteiger partial charge in [-0.25, -0.2) is 18.1 Å².